The van der Waals surface area contributed by atoms with Crippen molar-refractivity contribution in [3.8, 4) is 0 Å². The third-order valence-corrected chi connectivity index (χ3v) is 7.40. The molecule has 1 fully saturated rings. The standard InChI is InChI=1S/C22H23NO6S/c1-3-23(16-10-11-30(26,27)13-16)19(24)12-28-22(25)20-14(2)17-9-8-15-6-4-5-7-18(15)21(17)29-20/h4-9,16H,3,10-13H2,1-2H3/t16-/m1/s1. The number of rotatable bonds is 5. The number of fused-ring (bicyclic) bond motifs is 3. The summed E-state index contributed by atoms with van der Waals surface area (Å²) in [6.45, 7) is 3.45. The van der Waals surface area contributed by atoms with Gasteiger partial charge in [0.2, 0.25) is 5.76 Å². The van der Waals surface area contributed by atoms with Gasteiger partial charge in [0.25, 0.3) is 5.91 Å². The Hall–Kier alpha value is -2.87. The summed E-state index contributed by atoms with van der Waals surface area (Å²) in [5.74, 6) is -1.02. The maximum Gasteiger partial charge on any atom is 0.375 e. The van der Waals surface area contributed by atoms with Crippen LogP contribution in [0.3, 0.4) is 0 Å². The van der Waals surface area contributed by atoms with E-state index in [4.69, 9.17) is 9.15 Å². The van der Waals surface area contributed by atoms with Crippen molar-refractivity contribution in [2.45, 2.75) is 26.3 Å². The first kappa shape index (κ1) is 20.4. The summed E-state index contributed by atoms with van der Waals surface area (Å²) < 4.78 is 34.5. The van der Waals surface area contributed by atoms with E-state index in [9.17, 15) is 18.0 Å². The second kappa shape index (κ2) is 7.75. The average Bonchev–Trinajstić information content (AvgIpc) is 3.26. The van der Waals surface area contributed by atoms with Crippen molar-refractivity contribution in [2.75, 3.05) is 24.7 Å². The Kier molecular flexibility index (Phi) is 5.27. The lowest BCUT2D eigenvalue weighted by atomic mass is 10.1. The van der Waals surface area contributed by atoms with Gasteiger partial charge in [-0.2, -0.15) is 0 Å². The number of sulfone groups is 1. The minimum Gasteiger partial charge on any atom is -0.450 e. The van der Waals surface area contributed by atoms with Crippen molar-refractivity contribution < 1.29 is 27.2 Å². The smallest absolute Gasteiger partial charge is 0.375 e. The minimum absolute atomic E-state index is 0.0454. The van der Waals surface area contributed by atoms with Crippen LogP contribution < -0.4 is 0 Å². The van der Waals surface area contributed by atoms with Crippen LogP contribution in [0.25, 0.3) is 21.7 Å². The Morgan fingerprint density at radius 2 is 1.93 bits per heavy atom. The first-order valence-electron chi connectivity index (χ1n) is 9.88. The number of likely N-dealkylation sites (N-methyl/N-ethyl adjacent to an activating group) is 1. The van der Waals surface area contributed by atoms with Crippen molar-refractivity contribution in [2.24, 2.45) is 0 Å². The molecule has 1 aliphatic rings. The summed E-state index contributed by atoms with van der Waals surface area (Å²) in [6, 6.07) is 11.2. The average molecular weight is 429 g/mol. The molecule has 1 aromatic heterocycles. The van der Waals surface area contributed by atoms with Gasteiger partial charge in [-0.1, -0.05) is 36.4 Å². The third kappa shape index (κ3) is 3.67. The zero-order valence-corrected chi connectivity index (χ0v) is 17.7. The van der Waals surface area contributed by atoms with Gasteiger partial charge in [-0.25, -0.2) is 13.2 Å². The Bertz CT molecular complexity index is 1240. The molecule has 4 rings (SSSR count). The molecule has 30 heavy (non-hydrogen) atoms. The first-order chi connectivity index (χ1) is 14.3. The number of esters is 1. The second-order valence-electron chi connectivity index (χ2n) is 7.53. The highest BCUT2D eigenvalue weighted by Gasteiger charge is 2.34. The van der Waals surface area contributed by atoms with Crippen LogP contribution in [0, 0.1) is 6.92 Å². The summed E-state index contributed by atoms with van der Waals surface area (Å²) in [4.78, 5) is 26.7. The molecule has 158 valence electrons. The fourth-order valence-electron chi connectivity index (χ4n) is 4.08. The quantitative estimate of drug-likeness (QED) is 0.579. The molecule has 0 radical (unpaired) electrons. The molecule has 1 amide bonds. The Morgan fingerprint density at radius 1 is 1.17 bits per heavy atom. The molecule has 3 aromatic rings. The van der Waals surface area contributed by atoms with Gasteiger partial charge < -0.3 is 14.1 Å². The number of nitrogens with zero attached hydrogens (tertiary/aromatic N) is 1. The van der Waals surface area contributed by atoms with E-state index in [-0.39, 0.29) is 23.3 Å². The van der Waals surface area contributed by atoms with E-state index in [1.54, 1.807) is 13.8 Å². The van der Waals surface area contributed by atoms with Crippen LogP contribution in [-0.4, -0.2) is 55.9 Å². The van der Waals surface area contributed by atoms with Crippen molar-refractivity contribution >= 4 is 43.5 Å². The lowest BCUT2D eigenvalue weighted by Crippen LogP contribution is -2.43. The molecule has 7 nitrogen and oxygen atoms in total. The second-order valence-corrected chi connectivity index (χ2v) is 9.76. The largest absolute Gasteiger partial charge is 0.450 e. The lowest BCUT2D eigenvalue weighted by Gasteiger charge is -2.26. The number of ether oxygens (including phenoxy) is 1. The van der Waals surface area contributed by atoms with E-state index < -0.39 is 28.3 Å². The van der Waals surface area contributed by atoms with Gasteiger partial charge in [0.05, 0.1) is 11.5 Å². The summed E-state index contributed by atoms with van der Waals surface area (Å²) in [7, 11) is -3.11. The van der Waals surface area contributed by atoms with E-state index in [1.165, 1.54) is 4.90 Å². The number of hydrogen-bond acceptors (Lipinski definition) is 6. The third-order valence-electron chi connectivity index (χ3n) is 5.65. The molecule has 0 unspecified atom stereocenters. The predicted octanol–water partition coefficient (Wildman–Crippen LogP) is 3.09. The zero-order valence-electron chi connectivity index (χ0n) is 16.9. The highest BCUT2D eigenvalue weighted by Crippen LogP contribution is 2.32. The van der Waals surface area contributed by atoms with Gasteiger partial charge in [-0.15, -0.1) is 0 Å². The summed E-state index contributed by atoms with van der Waals surface area (Å²) >= 11 is 0. The number of furan rings is 1. The molecule has 0 saturated carbocycles. The van der Waals surface area contributed by atoms with E-state index in [0.717, 1.165) is 16.2 Å². The molecular formula is C22H23NO6S. The Balaban J connectivity index is 1.51. The van der Waals surface area contributed by atoms with Crippen LogP contribution in [0.2, 0.25) is 0 Å². The maximum absolute atomic E-state index is 12.6. The van der Waals surface area contributed by atoms with Gasteiger partial charge in [-0.3, -0.25) is 4.79 Å². The number of amides is 1. The molecule has 1 aliphatic heterocycles. The van der Waals surface area contributed by atoms with Crippen molar-refractivity contribution in [1.29, 1.82) is 0 Å². The van der Waals surface area contributed by atoms with Gasteiger partial charge >= 0.3 is 5.97 Å². The minimum atomic E-state index is -3.11. The first-order valence-corrected chi connectivity index (χ1v) is 11.7. The van der Waals surface area contributed by atoms with Crippen molar-refractivity contribution in [3.05, 3.63) is 47.7 Å². The van der Waals surface area contributed by atoms with Crippen LogP contribution in [-0.2, 0) is 19.4 Å². The predicted molar refractivity (Wildman–Crippen MR) is 113 cm³/mol. The number of aryl methyl sites for hydroxylation is 1. The SMILES string of the molecule is CCN(C(=O)COC(=O)c1oc2c(ccc3ccccc32)c1C)[C@@H]1CCS(=O)(=O)C1. The number of carbonyl (C=O) groups is 2. The number of carbonyl (C=O) groups excluding carboxylic acids is 2. The molecule has 0 N–H and O–H groups in total. The van der Waals surface area contributed by atoms with Gasteiger partial charge in [0.15, 0.2) is 16.4 Å². The normalized spacial score (nSPS) is 18.0. The fourth-order valence-corrected chi connectivity index (χ4v) is 5.81. The van der Waals surface area contributed by atoms with Crippen LogP contribution in [0.1, 0.15) is 29.5 Å². The van der Waals surface area contributed by atoms with E-state index in [2.05, 4.69) is 0 Å². The molecule has 0 spiro atoms. The van der Waals surface area contributed by atoms with E-state index >= 15 is 0 Å². The topological polar surface area (TPSA) is 93.9 Å². The summed E-state index contributed by atoms with van der Waals surface area (Å²) in [5.41, 5.74) is 1.26. The van der Waals surface area contributed by atoms with E-state index in [0.29, 0.717) is 24.1 Å². The maximum atomic E-state index is 12.6. The molecule has 2 heterocycles. The van der Waals surface area contributed by atoms with Gasteiger partial charge in [0.1, 0.15) is 5.58 Å². The highest BCUT2D eigenvalue weighted by molar-refractivity contribution is 7.91. The monoisotopic (exact) mass is 429 g/mol. The Morgan fingerprint density at radius 3 is 2.63 bits per heavy atom. The Labute approximate surface area is 174 Å². The lowest BCUT2D eigenvalue weighted by molar-refractivity contribution is -0.136. The molecule has 2 aromatic carbocycles. The molecule has 1 saturated heterocycles. The van der Waals surface area contributed by atoms with Crippen LogP contribution in [0.15, 0.2) is 40.8 Å². The van der Waals surface area contributed by atoms with Crippen LogP contribution >= 0.6 is 0 Å². The van der Waals surface area contributed by atoms with Crippen molar-refractivity contribution in [1.82, 2.24) is 4.90 Å². The zero-order chi connectivity index (χ0) is 21.5. The number of hydrogen-bond donors (Lipinski definition) is 0. The molecule has 8 heteroatoms. The highest BCUT2D eigenvalue weighted by atomic mass is 32.2. The summed E-state index contributed by atoms with van der Waals surface area (Å²) in [5, 5.41) is 2.71. The van der Waals surface area contributed by atoms with Gasteiger partial charge in [0, 0.05) is 28.9 Å². The molecule has 1 atom stereocenters. The molecular weight excluding hydrogens is 406 g/mol. The fraction of sp³-hybridized carbons (Fsp3) is 0.364. The van der Waals surface area contributed by atoms with Crippen LogP contribution in [0.4, 0.5) is 0 Å². The van der Waals surface area contributed by atoms with Crippen LogP contribution in [0.5, 0.6) is 0 Å². The molecule has 0 bridgehead atoms. The van der Waals surface area contributed by atoms with Gasteiger partial charge in [-0.05, 0) is 25.7 Å². The van der Waals surface area contributed by atoms with Crippen molar-refractivity contribution in [3.63, 3.8) is 0 Å². The molecule has 0 aliphatic carbocycles. The summed E-state index contributed by atoms with van der Waals surface area (Å²) in [6.07, 6.45) is 0.408. The number of benzene rings is 2. The van der Waals surface area contributed by atoms with E-state index in [1.807, 2.05) is 36.4 Å².